The molecule has 16 heteroatoms. The minimum Gasteiger partial charge on any atom is -0.361 e. The zero-order valence-electron chi connectivity index (χ0n) is 29.9. The van der Waals surface area contributed by atoms with Crippen molar-refractivity contribution < 1.29 is 26.4 Å². The summed E-state index contributed by atoms with van der Waals surface area (Å²) in [5.41, 5.74) is 11.8. The first kappa shape index (κ1) is 39.8. The lowest BCUT2D eigenvalue weighted by Gasteiger charge is -2.34. The summed E-state index contributed by atoms with van der Waals surface area (Å²) in [6, 6.07) is 19.8. The van der Waals surface area contributed by atoms with Gasteiger partial charge in [0.1, 0.15) is 6.17 Å². The second kappa shape index (κ2) is 17.7. The number of thioether (sulfide) groups is 1. The summed E-state index contributed by atoms with van der Waals surface area (Å²) in [7, 11) is -3.97. The summed E-state index contributed by atoms with van der Waals surface area (Å²) in [5.74, 6) is 0. The quantitative estimate of drug-likeness (QED) is 0.125. The van der Waals surface area contributed by atoms with Gasteiger partial charge in [-0.2, -0.15) is 17.5 Å². The van der Waals surface area contributed by atoms with Crippen LogP contribution >= 0.6 is 11.8 Å². The summed E-state index contributed by atoms with van der Waals surface area (Å²) in [4.78, 5) is 17.3. The largest absolute Gasteiger partial charge is 0.446 e. The molecular weight excluding hydrogens is 738 g/mol. The molecule has 1 unspecified atom stereocenters. The predicted octanol–water partition coefficient (Wildman–Crippen LogP) is 5.12. The molecule has 11 nitrogen and oxygen atoms in total. The van der Waals surface area contributed by atoms with Crippen molar-refractivity contribution in [3.63, 3.8) is 0 Å². The summed E-state index contributed by atoms with van der Waals surface area (Å²) >= 11 is -0.202. The van der Waals surface area contributed by atoms with Crippen molar-refractivity contribution in [1.29, 1.82) is 0 Å². The topological polar surface area (TPSA) is 149 Å². The van der Waals surface area contributed by atoms with Crippen molar-refractivity contribution in [1.82, 2.24) is 25.2 Å². The second-order valence-electron chi connectivity index (χ2n) is 13.6. The predicted molar refractivity (Wildman–Crippen MR) is 206 cm³/mol. The maximum atomic E-state index is 14.1. The average Bonchev–Trinajstić information content (AvgIpc) is 3.58. The van der Waals surface area contributed by atoms with E-state index < -0.39 is 21.7 Å². The molecule has 54 heavy (non-hydrogen) atoms. The molecule has 6 rings (SSSR count). The number of alkyl halides is 3. The van der Waals surface area contributed by atoms with E-state index in [4.69, 9.17) is 11.5 Å². The molecule has 290 valence electrons. The van der Waals surface area contributed by atoms with E-state index in [0.717, 1.165) is 60.6 Å². The van der Waals surface area contributed by atoms with Gasteiger partial charge in [0.15, 0.2) is 0 Å². The minimum absolute atomic E-state index is 0.0369. The van der Waals surface area contributed by atoms with Gasteiger partial charge in [-0.15, -0.1) is 0 Å². The number of rotatable bonds is 16. The number of hydrogen-bond donors (Lipinski definition) is 5. The number of anilines is 1. The number of carbonyl (C=O) groups is 1. The van der Waals surface area contributed by atoms with Crippen LogP contribution < -0.4 is 32.3 Å². The van der Waals surface area contributed by atoms with Gasteiger partial charge in [-0.3, -0.25) is 9.80 Å². The molecule has 0 radical (unpaired) electrons. The third-order valence-electron chi connectivity index (χ3n) is 9.67. The van der Waals surface area contributed by atoms with Crippen LogP contribution in [-0.2, 0) is 23.1 Å². The van der Waals surface area contributed by atoms with Crippen LogP contribution in [0.3, 0.4) is 0 Å². The van der Waals surface area contributed by atoms with E-state index in [0.29, 0.717) is 44.6 Å². The monoisotopic (exact) mass is 784 g/mol. The first-order chi connectivity index (χ1) is 25.9. The fourth-order valence-corrected chi connectivity index (χ4v) is 9.08. The highest BCUT2D eigenvalue weighted by atomic mass is 32.2. The van der Waals surface area contributed by atoms with Gasteiger partial charge in [-0.1, -0.05) is 36.4 Å². The number of piperidine rings is 1. The van der Waals surface area contributed by atoms with Crippen LogP contribution in [0.15, 0.2) is 100 Å². The third kappa shape index (κ3) is 10.0. The summed E-state index contributed by atoms with van der Waals surface area (Å²) in [6.07, 6.45) is 6.34. The normalized spacial score (nSPS) is 18.0. The van der Waals surface area contributed by atoms with Gasteiger partial charge in [0.2, 0.25) is 10.0 Å². The van der Waals surface area contributed by atoms with Crippen LogP contribution in [0.25, 0.3) is 5.70 Å². The lowest BCUT2D eigenvalue weighted by Crippen LogP contribution is -2.51. The zero-order chi connectivity index (χ0) is 38.3. The van der Waals surface area contributed by atoms with E-state index in [2.05, 4.69) is 20.9 Å². The van der Waals surface area contributed by atoms with Crippen LogP contribution in [0.4, 0.5) is 23.7 Å². The van der Waals surface area contributed by atoms with Crippen molar-refractivity contribution in [3.05, 3.63) is 107 Å². The standard InChI is InChI=1S/C38H47F3N8O3S2/c39-38(40,41)53-33-11-5-28(6-12-33)25-49(32-15-19-44-20-16-32)54(51,52)34-13-7-29(8-14-34)35-23-30-26-48(37(50)46-36(30)45-35)31-9-3-27(4-10-31)24-47(21-1-17-42)22-2-18-43/h3-14,23,26,32,36,44-45H,1-2,15-22,24-25,42-43H2,(H,46,50). The Kier molecular flexibility index (Phi) is 13.0. The molecule has 0 saturated carbocycles. The van der Waals surface area contributed by atoms with Gasteiger partial charge < -0.3 is 27.4 Å². The van der Waals surface area contributed by atoms with Crippen molar-refractivity contribution in [3.8, 4) is 0 Å². The minimum atomic E-state index is -4.41. The van der Waals surface area contributed by atoms with E-state index in [-0.39, 0.29) is 40.2 Å². The van der Waals surface area contributed by atoms with Crippen LogP contribution in [0.5, 0.6) is 0 Å². The fourth-order valence-electron chi connectivity index (χ4n) is 6.86. The van der Waals surface area contributed by atoms with Gasteiger partial charge in [-0.25, -0.2) is 13.2 Å². The molecule has 1 atom stereocenters. The Morgan fingerprint density at radius 2 is 1.44 bits per heavy atom. The van der Waals surface area contributed by atoms with E-state index in [1.165, 1.54) is 16.4 Å². The Hall–Kier alpha value is -3.90. The number of halogens is 3. The summed E-state index contributed by atoms with van der Waals surface area (Å²) in [6.45, 7) is 5.18. The van der Waals surface area contributed by atoms with Crippen LogP contribution in [0, 0.1) is 0 Å². The molecule has 2 amide bonds. The van der Waals surface area contributed by atoms with E-state index >= 15 is 0 Å². The Morgan fingerprint density at radius 1 is 0.833 bits per heavy atom. The number of nitrogens with two attached hydrogens (primary N) is 2. The Bertz CT molecular complexity index is 1890. The lowest BCUT2D eigenvalue weighted by atomic mass is 10.1. The van der Waals surface area contributed by atoms with Gasteiger partial charge in [-0.05, 0) is 136 Å². The van der Waals surface area contributed by atoms with Gasteiger partial charge in [0, 0.05) is 41.5 Å². The molecule has 1 saturated heterocycles. The number of amides is 2. The first-order valence-electron chi connectivity index (χ1n) is 18.1. The van der Waals surface area contributed by atoms with Crippen molar-refractivity contribution in [2.45, 2.75) is 66.3 Å². The number of hydrogen-bond acceptors (Lipinski definition) is 9. The number of fused-ring (bicyclic) bond motifs is 1. The summed E-state index contributed by atoms with van der Waals surface area (Å²) < 4.78 is 68.3. The van der Waals surface area contributed by atoms with Crippen LogP contribution in [0.1, 0.15) is 42.4 Å². The second-order valence-corrected chi connectivity index (χ2v) is 16.6. The lowest BCUT2D eigenvalue weighted by molar-refractivity contribution is -0.0328. The molecule has 0 aliphatic carbocycles. The van der Waals surface area contributed by atoms with E-state index in [1.54, 1.807) is 47.5 Å². The Labute approximate surface area is 319 Å². The van der Waals surface area contributed by atoms with Crippen molar-refractivity contribution in [2.75, 3.05) is 44.2 Å². The molecule has 3 heterocycles. The zero-order valence-corrected chi connectivity index (χ0v) is 31.5. The molecule has 0 bridgehead atoms. The molecule has 3 aliphatic heterocycles. The molecule has 1 fully saturated rings. The number of nitrogens with one attached hydrogen (secondary N) is 3. The van der Waals surface area contributed by atoms with Crippen molar-refractivity contribution >= 4 is 39.2 Å². The third-order valence-corrected chi connectivity index (χ3v) is 12.3. The van der Waals surface area contributed by atoms with E-state index in [9.17, 15) is 26.4 Å². The Balaban J connectivity index is 1.16. The molecule has 3 aromatic carbocycles. The molecule has 0 spiro atoms. The molecule has 7 N–H and O–H groups in total. The molecule has 3 aromatic rings. The first-order valence-corrected chi connectivity index (χ1v) is 20.4. The van der Waals surface area contributed by atoms with Gasteiger partial charge >= 0.3 is 11.5 Å². The van der Waals surface area contributed by atoms with E-state index in [1.807, 2.05) is 30.3 Å². The van der Waals surface area contributed by atoms with Gasteiger partial charge in [0.05, 0.1) is 10.6 Å². The van der Waals surface area contributed by atoms with Crippen LogP contribution in [-0.4, -0.2) is 80.6 Å². The van der Waals surface area contributed by atoms with Crippen LogP contribution in [0.2, 0.25) is 0 Å². The number of sulfonamides is 1. The highest BCUT2D eigenvalue weighted by Crippen LogP contribution is 2.37. The number of nitrogens with zero attached hydrogens (tertiary/aromatic N) is 3. The maximum absolute atomic E-state index is 14.1. The molecular formula is C38H47F3N8O3S2. The Morgan fingerprint density at radius 3 is 2.06 bits per heavy atom. The molecule has 3 aliphatic rings. The SMILES string of the molecule is NCCCN(CCCN)Cc1ccc(N2C=C3C=C(c4ccc(S(=O)(=O)N(Cc5ccc(SC(F)(F)F)cc5)C5CCNCC5)cc4)NC3NC2=O)cc1. The highest BCUT2D eigenvalue weighted by Gasteiger charge is 2.34. The number of urea groups is 1. The number of benzene rings is 3. The average molecular weight is 785 g/mol. The highest BCUT2D eigenvalue weighted by molar-refractivity contribution is 8.00. The smallest absolute Gasteiger partial charge is 0.361 e. The maximum Gasteiger partial charge on any atom is 0.446 e. The van der Waals surface area contributed by atoms with Gasteiger partial charge in [0.25, 0.3) is 0 Å². The fraction of sp³-hybridized carbons (Fsp3) is 0.395. The number of carbonyl (C=O) groups excluding carboxylic acids is 1. The summed E-state index contributed by atoms with van der Waals surface area (Å²) in [5, 5.41) is 9.60. The van der Waals surface area contributed by atoms with Crippen molar-refractivity contribution in [2.24, 2.45) is 11.5 Å². The molecule has 0 aromatic heterocycles.